The van der Waals surface area contributed by atoms with Gasteiger partial charge in [0.2, 0.25) is 5.91 Å². The van der Waals surface area contributed by atoms with Crippen molar-refractivity contribution in [1.29, 1.82) is 0 Å². The lowest BCUT2D eigenvalue weighted by molar-refractivity contribution is -0.123. The van der Waals surface area contributed by atoms with Crippen LogP contribution in [0.3, 0.4) is 0 Å². The maximum Gasteiger partial charge on any atom is 0.220 e. The van der Waals surface area contributed by atoms with E-state index in [1.54, 1.807) is 0 Å². The average Bonchev–Trinajstić information content (AvgIpc) is 2.48. The highest BCUT2D eigenvalue weighted by molar-refractivity contribution is 5.77. The number of nitrogens with one attached hydrogen (secondary N) is 1. The normalized spacial score (nSPS) is 24.6. The van der Waals surface area contributed by atoms with Crippen LogP contribution in [0.1, 0.15) is 51.1 Å². The number of rotatable bonds is 3. The minimum Gasteiger partial charge on any atom is -0.487 e. The average molecular weight is 316 g/mol. The van der Waals surface area contributed by atoms with E-state index in [1.165, 1.54) is 0 Å². The summed E-state index contributed by atoms with van der Waals surface area (Å²) in [7, 11) is 2.15. The number of para-hydroxylation sites is 1. The summed E-state index contributed by atoms with van der Waals surface area (Å²) in [6, 6.07) is 8.10. The Hall–Kier alpha value is -1.55. The third-order valence-corrected chi connectivity index (χ3v) is 5.02. The second-order valence-electron chi connectivity index (χ2n) is 7.67. The summed E-state index contributed by atoms with van der Waals surface area (Å²) in [6.45, 7) is 6.37. The number of likely N-dealkylation sites (tertiary alicyclic amines) is 1. The van der Waals surface area contributed by atoms with Crippen molar-refractivity contribution in [2.24, 2.45) is 5.92 Å². The molecule has 0 bridgehead atoms. The summed E-state index contributed by atoms with van der Waals surface area (Å²) in [5.74, 6) is 1.60. The van der Waals surface area contributed by atoms with Gasteiger partial charge in [0, 0.05) is 18.4 Å². The zero-order chi connectivity index (χ0) is 16.4. The van der Waals surface area contributed by atoms with E-state index in [4.69, 9.17) is 4.74 Å². The molecule has 0 aromatic heterocycles. The smallest absolute Gasteiger partial charge is 0.220 e. The quantitative estimate of drug-likeness (QED) is 0.931. The Bertz CT molecular complexity index is 562. The number of hydrogen-bond donors (Lipinski definition) is 1. The number of nitrogens with zero attached hydrogens (tertiary/aromatic N) is 1. The van der Waals surface area contributed by atoms with Crippen LogP contribution < -0.4 is 10.1 Å². The fourth-order valence-corrected chi connectivity index (χ4v) is 3.71. The molecule has 0 unspecified atom stereocenters. The highest BCUT2D eigenvalue weighted by atomic mass is 16.5. The van der Waals surface area contributed by atoms with E-state index < -0.39 is 0 Å². The van der Waals surface area contributed by atoms with Crippen molar-refractivity contribution < 1.29 is 9.53 Å². The highest BCUT2D eigenvalue weighted by Crippen LogP contribution is 2.39. The Morgan fingerprint density at radius 1 is 1.30 bits per heavy atom. The maximum atomic E-state index is 12.5. The van der Waals surface area contributed by atoms with E-state index in [2.05, 4.69) is 37.2 Å². The molecule has 2 heterocycles. The fourth-order valence-electron chi connectivity index (χ4n) is 3.71. The molecule has 2 aliphatic heterocycles. The monoisotopic (exact) mass is 316 g/mol. The van der Waals surface area contributed by atoms with Gasteiger partial charge in [0.1, 0.15) is 11.4 Å². The zero-order valence-corrected chi connectivity index (χ0v) is 14.5. The summed E-state index contributed by atoms with van der Waals surface area (Å²) >= 11 is 0. The van der Waals surface area contributed by atoms with Gasteiger partial charge < -0.3 is 15.0 Å². The lowest BCUT2D eigenvalue weighted by Gasteiger charge is -2.38. The molecule has 1 aromatic rings. The molecule has 0 saturated carbocycles. The molecular weight excluding hydrogens is 288 g/mol. The van der Waals surface area contributed by atoms with Crippen LogP contribution in [0.4, 0.5) is 0 Å². The maximum absolute atomic E-state index is 12.5. The molecule has 0 radical (unpaired) electrons. The van der Waals surface area contributed by atoms with Crippen LogP contribution in [0.5, 0.6) is 5.75 Å². The third kappa shape index (κ3) is 4.05. The summed E-state index contributed by atoms with van der Waals surface area (Å²) < 4.78 is 6.04. The van der Waals surface area contributed by atoms with E-state index in [1.807, 2.05) is 18.2 Å². The lowest BCUT2D eigenvalue weighted by Crippen LogP contribution is -2.42. The first-order chi connectivity index (χ1) is 10.9. The molecule has 23 heavy (non-hydrogen) atoms. The van der Waals surface area contributed by atoms with Gasteiger partial charge >= 0.3 is 0 Å². The van der Waals surface area contributed by atoms with Crippen LogP contribution in [-0.2, 0) is 4.79 Å². The first-order valence-corrected chi connectivity index (χ1v) is 8.69. The van der Waals surface area contributed by atoms with Gasteiger partial charge in [-0.3, -0.25) is 4.79 Å². The van der Waals surface area contributed by atoms with Crippen molar-refractivity contribution in [2.45, 2.75) is 51.2 Å². The topological polar surface area (TPSA) is 41.6 Å². The minimum atomic E-state index is -0.250. The van der Waals surface area contributed by atoms with Crippen LogP contribution >= 0.6 is 0 Å². The first kappa shape index (κ1) is 16.3. The number of ether oxygens (including phenoxy) is 1. The van der Waals surface area contributed by atoms with Gasteiger partial charge in [0.25, 0.3) is 0 Å². The molecule has 126 valence electrons. The summed E-state index contributed by atoms with van der Waals surface area (Å²) in [5.41, 5.74) is 0.850. The van der Waals surface area contributed by atoms with Gasteiger partial charge in [-0.15, -0.1) is 0 Å². The number of fused-ring (bicyclic) bond motifs is 1. The van der Waals surface area contributed by atoms with Crippen molar-refractivity contribution >= 4 is 5.91 Å². The van der Waals surface area contributed by atoms with Crippen molar-refractivity contribution in [3.05, 3.63) is 29.8 Å². The van der Waals surface area contributed by atoms with Crippen molar-refractivity contribution in [2.75, 3.05) is 20.1 Å². The van der Waals surface area contributed by atoms with Crippen LogP contribution in [0.2, 0.25) is 0 Å². The van der Waals surface area contributed by atoms with E-state index in [0.717, 1.165) is 43.7 Å². The van der Waals surface area contributed by atoms with Gasteiger partial charge in [-0.1, -0.05) is 18.2 Å². The van der Waals surface area contributed by atoms with Gasteiger partial charge in [-0.05, 0) is 58.8 Å². The first-order valence-electron chi connectivity index (χ1n) is 8.69. The largest absolute Gasteiger partial charge is 0.487 e. The summed E-state index contributed by atoms with van der Waals surface area (Å²) in [6.07, 6.45) is 3.70. The molecule has 1 saturated heterocycles. The Labute approximate surface area is 139 Å². The number of carbonyl (C=O) groups excluding carboxylic acids is 1. The number of benzene rings is 1. The van der Waals surface area contributed by atoms with E-state index in [-0.39, 0.29) is 17.6 Å². The predicted octanol–water partition coefficient (Wildman–Crippen LogP) is 3.14. The molecule has 1 aromatic carbocycles. The lowest BCUT2D eigenvalue weighted by atomic mass is 9.89. The standard InChI is InChI=1S/C19H28N2O2/c1-19(2)13-16(15-6-4-5-7-17(15)23-19)20-18(22)12-14-8-10-21(3)11-9-14/h4-7,14,16H,8-13H2,1-3H3,(H,20,22)/t16-/m1/s1. The van der Waals surface area contributed by atoms with E-state index in [9.17, 15) is 4.79 Å². The molecule has 1 atom stereocenters. The molecule has 4 heteroatoms. The van der Waals surface area contributed by atoms with Gasteiger partial charge in [0.15, 0.2) is 0 Å². The van der Waals surface area contributed by atoms with Crippen molar-refractivity contribution in [1.82, 2.24) is 10.2 Å². The van der Waals surface area contributed by atoms with Crippen LogP contribution in [0, 0.1) is 5.92 Å². The van der Waals surface area contributed by atoms with Gasteiger partial charge in [0.05, 0.1) is 6.04 Å². The minimum absolute atomic E-state index is 0.0497. The number of piperidine rings is 1. The van der Waals surface area contributed by atoms with Crippen LogP contribution in [0.15, 0.2) is 24.3 Å². The molecule has 1 N–H and O–H groups in total. The van der Waals surface area contributed by atoms with Gasteiger partial charge in [-0.25, -0.2) is 0 Å². The SMILES string of the molecule is CN1CCC(CC(=O)N[C@@H]2CC(C)(C)Oc3ccccc32)CC1. The molecule has 1 amide bonds. The fraction of sp³-hybridized carbons (Fsp3) is 0.632. The summed E-state index contributed by atoms with van der Waals surface area (Å²) in [4.78, 5) is 14.9. The van der Waals surface area contributed by atoms with Crippen LogP contribution in [0.25, 0.3) is 0 Å². The Morgan fingerprint density at radius 3 is 2.74 bits per heavy atom. The number of carbonyl (C=O) groups is 1. The second-order valence-corrected chi connectivity index (χ2v) is 7.67. The Morgan fingerprint density at radius 2 is 2.00 bits per heavy atom. The highest BCUT2D eigenvalue weighted by Gasteiger charge is 2.34. The second kappa shape index (κ2) is 6.52. The van der Waals surface area contributed by atoms with Crippen molar-refractivity contribution in [3.8, 4) is 5.75 Å². The Balaban J connectivity index is 1.64. The summed E-state index contributed by atoms with van der Waals surface area (Å²) in [5, 5.41) is 3.26. The van der Waals surface area contributed by atoms with E-state index >= 15 is 0 Å². The van der Waals surface area contributed by atoms with Gasteiger partial charge in [-0.2, -0.15) is 0 Å². The molecule has 0 spiro atoms. The molecular formula is C19H28N2O2. The number of amides is 1. The number of hydrogen-bond acceptors (Lipinski definition) is 3. The third-order valence-electron chi connectivity index (χ3n) is 5.02. The predicted molar refractivity (Wildman–Crippen MR) is 91.5 cm³/mol. The zero-order valence-electron chi connectivity index (χ0n) is 14.5. The molecule has 4 nitrogen and oxygen atoms in total. The van der Waals surface area contributed by atoms with E-state index in [0.29, 0.717) is 12.3 Å². The van der Waals surface area contributed by atoms with Crippen molar-refractivity contribution in [3.63, 3.8) is 0 Å². The molecule has 0 aliphatic carbocycles. The molecule has 3 rings (SSSR count). The Kier molecular flexibility index (Phi) is 4.62. The molecule has 1 fully saturated rings. The van der Waals surface area contributed by atoms with Crippen LogP contribution in [-0.4, -0.2) is 36.5 Å². The molecule has 2 aliphatic rings.